The Bertz CT molecular complexity index is 717. The summed E-state index contributed by atoms with van der Waals surface area (Å²) in [5.74, 6) is 2.11. The van der Waals surface area contributed by atoms with Crippen molar-refractivity contribution in [2.45, 2.75) is 25.1 Å². The van der Waals surface area contributed by atoms with Crippen molar-refractivity contribution in [1.82, 2.24) is 10.2 Å². The molecule has 5 heteroatoms. The van der Waals surface area contributed by atoms with Crippen LogP contribution in [0, 0.1) is 11.8 Å². The summed E-state index contributed by atoms with van der Waals surface area (Å²) in [6, 6.07) is 14.1. The summed E-state index contributed by atoms with van der Waals surface area (Å²) in [4.78, 5) is 2.45. The van der Waals surface area contributed by atoms with Gasteiger partial charge in [0.05, 0.1) is 18.2 Å². The zero-order chi connectivity index (χ0) is 17.4. The summed E-state index contributed by atoms with van der Waals surface area (Å²) in [7, 11) is 0. The van der Waals surface area contributed by atoms with Gasteiger partial charge in [-0.3, -0.25) is 5.32 Å². The SMILES string of the molecule is CCN1C[C@H]2[C@@H](C1)[C@](CO)(c1ccccc1)N[C@H]2c1ccc(CO)o1. The van der Waals surface area contributed by atoms with Crippen LogP contribution in [-0.4, -0.2) is 41.4 Å². The molecule has 0 saturated carbocycles. The topological polar surface area (TPSA) is 68.9 Å². The highest BCUT2D eigenvalue weighted by atomic mass is 16.4. The van der Waals surface area contributed by atoms with E-state index in [-0.39, 0.29) is 19.3 Å². The summed E-state index contributed by atoms with van der Waals surface area (Å²) >= 11 is 0. The van der Waals surface area contributed by atoms with Crippen LogP contribution in [0.15, 0.2) is 46.9 Å². The van der Waals surface area contributed by atoms with Crippen molar-refractivity contribution in [2.24, 2.45) is 11.8 Å². The van der Waals surface area contributed by atoms with E-state index in [1.807, 2.05) is 30.3 Å². The highest BCUT2D eigenvalue weighted by Crippen LogP contribution is 2.51. The molecule has 0 amide bonds. The van der Waals surface area contributed by atoms with Gasteiger partial charge in [-0.2, -0.15) is 0 Å². The van der Waals surface area contributed by atoms with Gasteiger partial charge >= 0.3 is 0 Å². The standard InChI is InChI=1S/C20H26N2O3/c1-2-22-10-16-17(11-22)20(13-24,14-6-4-3-5-7-14)21-19(16)18-9-8-15(12-23)25-18/h3-9,16-17,19,21,23-24H,2,10-13H2,1H3/t16-,17+,19+,20-/m0/s1. The molecule has 25 heavy (non-hydrogen) atoms. The van der Waals surface area contributed by atoms with Crippen LogP contribution in [0.2, 0.25) is 0 Å². The maximum atomic E-state index is 10.4. The Balaban J connectivity index is 1.75. The zero-order valence-electron chi connectivity index (χ0n) is 14.6. The second-order valence-electron chi connectivity index (χ2n) is 7.20. The first-order chi connectivity index (χ1) is 12.2. The molecule has 0 radical (unpaired) electrons. The van der Waals surface area contributed by atoms with Crippen LogP contribution < -0.4 is 5.32 Å². The molecule has 0 spiro atoms. The second-order valence-corrected chi connectivity index (χ2v) is 7.20. The molecule has 0 aliphatic carbocycles. The van der Waals surface area contributed by atoms with Crippen molar-refractivity contribution in [3.05, 3.63) is 59.5 Å². The molecule has 1 aromatic carbocycles. The van der Waals surface area contributed by atoms with E-state index in [4.69, 9.17) is 4.42 Å². The predicted octanol–water partition coefficient (Wildman–Crippen LogP) is 1.87. The van der Waals surface area contributed by atoms with Gasteiger partial charge in [0, 0.05) is 24.9 Å². The van der Waals surface area contributed by atoms with Crippen LogP contribution >= 0.6 is 0 Å². The molecule has 2 fully saturated rings. The molecule has 0 unspecified atom stereocenters. The lowest BCUT2D eigenvalue weighted by Gasteiger charge is -2.35. The highest BCUT2D eigenvalue weighted by Gasteiger charge is 2.58. The number of nitrogens with zero attached hydrogens (tertiary/aromatic N) is 1. The van der Waals surface area contributed by atoms with Gasteiger partial charge < -0.3 is 19.5 Å². The molecule has 5 nitrogen and oxygen atoms in total. The van der Waals surface area contributed by atoms with E-state index in [2.05, 4.69) is 29.3 Å². The summed E-state index contributed by atoms with van der Waals surface area (Å²) < 4.78 is 5.85. The molecule has 3 N–H and O–H groups in total. The first-order valence-corrected chi connectivity index (χ1v) is 9.07. The fraction of sp³-hybridized carbons (Fsp3) is 0.500. The monoisotopic (exact) mass is 342 g/mol. The average molecular weight is 342 g/mol. The number of hydrogen-bond acceptors (Lipinski definition) is 5. The Kier molecular flexibility index (Phi) is 4.41. The molecule has 4 atom stereocenters. The lowest BCUT2D eigenvalue weighted by atomic mass is 9.77. The normalized spacial score (nSPS) is 32.2. The van der Waals surface area contributed by atoms with Crippen molar-refractivity contribution >= 4 is 0 Å². The van der Waals surface area contributed by atoms with E-state index in [1.54, 1.807) is 0 Å². The molecule has 2 aromatic rings. The number of likely N-dealkylation sites (tertiary alicyclic amines) is 1. The first kappa shape index (κ1) is 16.8. The molecular formula is C20H26N2O3. The van der Waals surface area contributed by atoms with Crippen molar-refractivity contribution < 1.29 is 14.6 Å². The lowest BCUT2D eigenvalue weighted by molar-refractivity contribution is 0.126. The quantitative estimate of drug-likeness (QED) is 0.774. The van der Waals surface area contributed by atoms with Crippen LogP contribution in [0.4, 0.5) is 0 Å². The number of nitrogens with one attached hydrogen (secondary N) is 1. The van der Waals surface area contributed by atoms with Gasteiger partial charge in [0.1, 0.15) is 18.1 Å². The number of hydrogen-bond donors (Lipinski definition) is 3. The van der Waals surface area contributed by atoms with Crippen LogP contribution in [0.25, 0.3) is 0 Å². The number of rotatable bonds is 5. The summed E-state index contributed by atoms with van der Waals surface area (Å²) in [5.41, 5.74) is 0.661. The van der Waals surface area contributed by atoms with Crippen LogP contribution in [0.5, 0.6) is 0 Å². The smallest absolute Gasteiger partial charge is 0.129 e. The molecular weight excluding hydrogens is 316 g/mol. The number of benzene rings is 1. The second kappa shape index (κ2) is 6.57. The summed E-state index contributed by atoms with van der Waals surface area (Å²) in [5, 5.41) is 23.5. The van der Waals surface area contributed by atoms with E-state index in [0.717, 1.165) is 31.0 Å². The minimum Gasteiger partial charge on any atom is -0.462 e. The largest absolute Gasteiger partial charge is 0.462 e. The first-order valence-electron chi connectivity index (χ1n) is 9.07. The van der Waals surface area contributed by atoms with Gasteiger partial charge in [-0.05, 0) is 24.2 Å². The van der Waals surface area contributed by atoms with Gasteiger partial charge in [-0.25, -0.2) is 0 Å². The molecule has 2 saturated heterocycles. The zero-order valence-corrected chi connectivity index (χ0v) is 14.6. The van der Waals surface area contributed by atoms with E-state index in [9.17, 15) is 10.2 Å². The van der Waals surface area contributed by atoms with Crippen LogP contribution in [0.3, 0.4) is 0 Å². The third-order valence-corrected chi connectivity index (χ3v) is 6.05. The minimum absolute atomic E-state index is 0.0363. The van der Waals surface area contributed by atoms with Gasteiger partial charge in [0.15, 0.2) is 0 Å². The van der Waals surface area contributed by atoms with Crippen molar-refractivity contribution in [3.8, 4) is 0 Å². The van der Waals surface area contributed by atoms with Gasteiger partial charge in [0.25, 0.3) is 0 Å². The fourth-order valence-electron chi connectivity index (χ4n) is 4.74. The van der Waals surface area contributed by atoms with E-state index >= 15 is 0 Å². The molecule has 3 heterocycles. The fourth-order valence-corrected chi connectivity index (χ4v) is 4.74. The number of furan rings is 1. The lowest BCUT2D eigenvalue weighted by Crippen LogP contribution is -2.48. The van der Waals surface area contributed by atoms with Crippen LogP contribution in [-0.2, 0) is 12.1 Å². The molecule has 134 valence electrons. The molecule has 2 aliphatic heterocycles. The molecule has 0 bridgehead atoms. The summed E-state index contributed by atoms with van der Waals surface area (Å²) in [6.45, 7) is 5.11. The Labute approximate surface area is 148 Å². The van der Waals surface area contributed by atoms with Gasteiger partial charge in [-0.15, -0.1) is 0 Å². The van der Waals surface area contributed by atoms with E-state index in [0.29, 0.717) is 17.6 Å². The van der Waals surface area contributed by atoms with E-state index in [1.165, 1.54) is 0 Å². The number of aliphatic hydroxyl groups is 2. The van der Waals surface area contributed by atoms with Crippen LogP contribution in [0.1, 0.15) is 30.0 Å². The maximum absolute atomic E-state index is 10.4. The third-order valence-electron chi connectivity index (χ3n) is 6.05. The molecule has 2 aliphatic rings. The highest BCUT2D eigenvalue weighted by molar-refractivity contribution is 5.32. The number of fused-ring (bicyclic) bond motifs is 1. The van der Waals surface area contributed by atoms with Gasteiger partial charge in [-0.1, -0.05) is 37.3 Å². The van der Waals surface area contributed by atoms with Crippen molar-refractivity contribution in [2.75, 3.05) is 26.2 Å². The minimum atomic E-state index is -0.466. The Morgan fingerprint density at radius 2 is 1.96 bits per heavy atom. The van der Waals surface area contributed by atoms with Crippen molar-refractivity contribution in [1.29, 1.82) is 0 Å². The predicted molar refractivity (Wildman–Crippen MR) is 94.8 cm³/mol. The Morgan fingerprint density at radius 3 is 2.60 bits per heavy atom. The number of aliphatic hydroxyl groups excluding tert-OH is 2. The average Bonchev–Trinajstić information content (AvgIpc) is 3.36. The maximum Gasteiger partial charge on any atom is 0.129 e. The Morgan fingerprint density at radius 1 is 1.16 bits per heavy atom. The van der Waals surface area contributed by atoms with E-state index < -0.39 is 5.54 Å². The van der Waals surface area contributed by atoms with Crippen molar-refractivity contribution in [3.63, 3.8) is 0 Å². The summed E-state index contributed by atoms with van der Waals surface area (Å²) in [6.07, 6.45) is 0. The van der Waals surface area contributed by atoms with Gasteiger partial charge in [0.2, 0.25) is 0 Å². The Hall–Kier alpha value is -1.66. The third kappa shape index (κ3) is 2.62. The molecule has 1 aromatic heterocycles. The molecule has 4 rings (SSSR count).